The number of nitrogens with one attached hydrogen (secondary N) is 1. The minimum absolute atomic E-state index is 0.716. The van der Waals surface area contributed by atoms with Crippen molar-refractivity contribution in [3.8, 4) is 0 Å². The van der Waals surface area contributed by atoms with Crippen molar-refractivity contribution in [3.63, 3.8) is 0 Å². The number of likely N-dealkylation sites (tertiary alicyclic amines) is 1. The Kier molecular flexibility index (Phi) is 4.74. The van der Waals surface area contributed by atoms with Crippen LogP contribution in [-0.2, 0) is 6.54 Å². The summed E-state index contributed by atoms with van der Waals surface area (Å²) in [7, 11) is 0. The fraction of sp³-hybridized carbons (Fsp3) is 0.667. The van der Waals surface area contributed by atoms with Crippen LogP contribution in [0.4, 0.5) is 0 Å². The van der Waals surface area contributed by atoms with E-state index in [-0.39, 0.29) is 0 Å². The SMILES string of the molecule is Cc1ccccc1CN1CCCC(NCC2CCC2)C1. The molecule has 1 aliphatic carbocycles. The molecular weight excluding hydrogens is 244 g/mol. The van der Waals surface area contributed by atoms with Crippen molar-refractivity contribution in [2.75, 3.05) is 19.6 Å². The van der Waals surface area contributed by atoms with Crippen molar-refractivity contribution < 1.29 is 0 Å². The molecule has 0 aromatic heterocycles. The molecule has 1 heterocycles. The van der Waals surface area contributed by atoms with E-state index in [1.165, 1.54) is 62.9 Å². The van der Waals surface area contributed by atoms with E-state index < -0.39 is 0 Å². The monoisotopic (exact) mass is 272 g/mol. The van der Waals surface area contributed by atoms with Gasteiger partial charge in [0.1, 0.15) is 0 Å². The number of hydrogen-bond donors (Lipinski definition) is 1. The molecule has 3 rings (SSSR count). The molecule has 0 amide bonds. The maximum atomic E-state index is 3.81. The summed E-state index contributed by atoms with van der Waals surface area (Å²) in [5, 5.41) is 3.81. The van der Waals surface area contributed by atoms with Crippen molar-refractivity contribution in [3.05, 3.63) is 35.4 Å². The first-order valence-corrected chi connectivity index (χ1v) is 8.31. The van der Waals surface area contributed by atoms with Crippen LogP contribution in [0.2, 0.25) is 0 Å². The van der Waals surface area contributed by atoms with E-state index in [2.05, 4.69) is 41.4 Å². The summed E-state index contributed by atoms with van der Waals surface area (Å²) < 4.78 is 0. The van der Waals surface area contributed by atoms with Gasteiger partial charge in [-0.05, 0) is 62.7 Å². The van der Waals surface area contributed by atoms with Gasteiger partial charge in [0.25, 0.3) is 0 Å². The van der Waals surface area contributed by atoms with E-state index in [0.29, 0.717) is 6.04 Å². The highest BCUT2D eigenvalue weighted by atomic mass is 15.2. The highest BCUT2D eigenvalue weighted by molar-refractivity contribution is 5.25. The van der Waals surface area contributed by atoms with Crippen LogP contribution in [0.15, 0.2) is 24.3 Å². The zero-order valence-electron chi connectivity index (χ0n) is 12.8. The first-order valence-electron chi connectivity index (χ1n) is 8.31. The van der Waals surface area contributed by atoms with Gasteiger partial charge in [0.15, 0.2) is 0 Å². The quantitative estimate of drug-likeness (QED) is 0.884. The highest BCUT2D eigenvalue weighted by Gasteiger charge is 2.22. The molecule has 1 aromatic rings. The third-order valence-corrected chi connectivity index (χ3v) is 5.08. The largest absolute Gasteiger partial charge is 0.312 e. The molecule has 0 spiro atoms. The fourth-order valence-corrected chi connectivity index (χ4v) is 3.42. The Balaban J connectivity index is 1.48. The summed E-state index contributed by atoms with van der Waals surface area (Å²) in [6.45, 7) is 7.08. The van der Waals surface area contributed by atoms with E-state index in [0.717, 1.165) is 12.5 Å². The Hall–Kier alpha value is -0.860. The van der Waals surface area contributed by atoms with Crippen molar-refractivity contribution in [2.45, 2.75) is 51.6 Å². The Bertz CT molecular complexity index is 425. The lowest BCUT2D eigenvalue weighted by Crippen LogP contribution is -2.47. The number of benzene rings is 1. The van der Waals surface area contributed by atoms with Crippen molar-refractivity contribution in [2.24, 2.45) is 5.92 Å². The molecule has 2 fully saturated rings. The molecule has 1 aromatic carbocycles. The Morgan fingerprint density at radius 3 is 2.75 bits per heavy atom. The van der Waals surface area contributed by atoms with Gasteiger partial charge in [-0.3, -0.25) is 4.90 Å². The average molecular weight is 272 g/mol. The van der Waals surface area contributed by atoms with Gasteiger partial charge in [0.2, 0.25) is 0 Å². The smallest absolute Gasteiger partial charge is 0.0237 e. The predicted octanol–water partition coefficient (Wildman–Crippen LogP) is 3.35. The molecule has 20 heavy (non-hydrogen) atoms. The summed E-state index contributed by atoms with van der Waals surface area (Å²) in [5.41, 5.74) is 2.92. The summed E-state index contributed by atoms with van der Waals surface area (Å²) in [4.78, 5) is 2.63. The number of piperidine rings is 1. The summed E-state index contributed by atoms with van der Waals surface area (Å²) in [6, 6.07) is 9.52. The van der Waals surface area contributed by atoms with Gasteiger partial charge in [0, 0.05) is 19.1 Å². The summed E-state index contributed by atoms with van der Waals surface area (Å²) in [6.07, 6.45) is 7.06. The van der Waals surface area contributed by atoms with E-state index >= 15 is 0 Å². The first-order chi connectivity index (χ1) is 9.81. The molecule has 1 N–H and O–H groups in total. The molecule has 110 valence electrons. The van der Waals surface area contributed by atoms with Crippen LogP contribution >= 0.6 is 0 Å². The number of aryl methyl sites for hydroxylation is 1. The molecule has 0 radical (unpaired) electrons. The maximum Gasteiger partial charge on any atom is 0.0237 e. The standard InChI is InChI=1S/C18H28N2/c1-15-6-2-3-9-17(15)13-20-11-5-10-18(14-20)19-12-16-7-4-8-16/h2-3,6,9,16,18-19H,4-5,7-8,10-14H2,1H3. The van der Waals surface area contributed by atoms with Gasteiger partial charge >= 0.3 is 0 Å². The second-order valence-electron chi connectivity index (χ2n) is 6.71. The Morgan fingerprint density at radius 1 is 1.15 bits per heavy atom. The second-order valence-corrected chi connectivity index (χ2v) is 6.71. The van der Waals surface area contributed by atoms with Crippen LogP contribution in [0.25, 0.3) is 0 Å². The van der Waals surface area contributed by atoms with Crippen LogP contribution in [0.1, 0.15) is 43.2 Å². The minimum Gasteiger partial charge on any atom is -0.312 e. The maximum absolute atomic E-state index is 3.81. The molecule has 1 unspecified atom stereocenters. The first kappa shape index (κ1) is 14.1. The number of rotatable bonds is 5. The van der Waals surface area contributed by atoms with E-state index in [9.17, 15) is 0 Å². The molecule has 2 nitrogen and oxygen atoms in total. The van der Waals surface area contributed by atoms with E-state index in [1.54, 1.807) is 0 Å². The summed E-state index contributed by atoms with van der Waals surface area (Å²) >= 11 is 0. The van der Waals surface area contributed by atoms with Gasteiger partial charge in [-0.15, -0.1) is 0 Å². The van der Waals surface area contributed by atoms with Crippen molar-refractivity contribution >= 4 is 0 Å². The van der Waals surface area contributed by atoms with Gasteiger partial charge in [-0.1, -0.05) is 30.7 Å². The fourth-order valence-electron chi connectivity index (χ4n) is 3.42. The zero-order chi connectivity index (χ0) is 13.8. The Labute approximate surface area is 123 Å². The topological polar surface area (TPSA) is 15.3 Å². The number of hydrogen-bond acceptors (Lipinski definition) is 2. The average Bonchev–Trinajstić information content (AvgIpc) is 2.40. The minimum atomic E-state index is 0.716. The molecule has 1 atom stereocenters. The lowest BCUT2D eigenvalue weighted by atomic mass is 9.85. The van der Waals surface area contributed by atoms with Crippen LogP contribution in [0.5, 0.6) is 0 Å². The lowest BCUT2D eigenvalue weighted by molar-refractivity contribution is 0.173. The predicted molar refractivity (Wildman–Crippen MR) is 84.8 cm³/mol. The van der Waals surface area contributed by atoms with Crippen LogP contribution < -0.4 is 5.32 Å². The molecule has 2 heteroatoms. The highest BCUT2D eigenvalue weighted by Crippen LogP contribution is 2.25. The zero-order valence-corrected chi connectivity index (χ0v) is 12.8. The normalized spacial score (nSPS) is 24.6. The second kappa shape index (κ2) is 6.73. The van der Waals surface area contributed by atoms with Crippen molar-refractivity contribution in [1.29, 1.82) is 0 Å². The number of nitrogens with zero attached hydrogens (tertiary/aromatic N) is 1. The van der Waals surface area contributed by atoms with E-state index in [1.807, 2.05) is 0 Å². The van der Waals surface area contributed by atoms with Crippen molar-refractivity contribution in [1.82, 2.24) is 10.2 Å². The molecule has 0 bridgehead atoms. The third kappa shape index (κ3) is 3.62. The van der Waals surface area contributed by atoms with Gasteiger partial charge in [-0.2, -0.15) is 0 Å². The molecule has 1 aliphatic heterocycles. The van der Waals surface area contributed by atoms with E-state index in [4.69, 9.17) is 0 Å². The van der Waals surface area contributed by atoms with Gasteiger partial charge in [-0.25, -0.2) is 0 Å². The lowest BCUT2D eigenvalue weighted by Gasteiger charge is -2.35. The van der Waals surface area contributed by atoms with Crippen LogP contribution in [0, 0.1) is 12.8 Å². The van der Waals surface area contributed by atoms with Crippen LogP contribution in [0.3, 0.4) is 0 Å². The van der Waals surface area contributed by atoms with Gasteiger partial charge < -0.3 is 5.32 Å². The molecule has 1 saturated heterocycles. The molecule has 2 aliphatic rings. The Morgan fingerprint density at radius 2 is 2.00 bits per heavy atom. The van der Waals surface area contributed by atoms with Gasteiger partial charge in [0.05, 0.1) is 0 Å². The van der Waals surface area contributed by atoms with Crippen LogP contribution in [-0.4, -0.2) is 30.6 Å². The molecule has 1 saturated carbocycles. The summed E-state index contributed by atoms with van der Waals surface area (Å²) in [5.74, 6) is 0.974. The third-order valence-electron chi connectivity index (χ3n) is 5.08. The molecular formula is C18H28N2.